The largest absolute Gasteiger partial charge is 0.494 e. The van der Waals surface area contributed by atoms with Gasteiger partial charge in [-0.25, -0.2) is 4.79 Å². The van der Waals surface area contributed by atoms with Gasteiger partial charge in [0.25, 0.3) is 0 Å². The summed E-state index contributed by atoms with van der Waals surface area (Å²) in [6, 6.07) is 22.3. The smallest absolute Gasteiger partial charge is 0.335 e. The lowest BCUT2D eigenvalue weighted by atomic mass is 10.0. The van der Waals surface area contributed by atoms with Crippen LogP contribution in [-0.4, -0.2) is 27.9 Å². The topological polar surface area (TPSA) is 85.5 Å². The van der Waals surface area contributed by atoms with Gasteiger partial charge in [0, 0.05) is 11.1 Å². The summed E-state index contributed by atoms with van der Waals surface area (Å²) in [5.74, 6) is 0.651. The van der Waals surface area contributed by atoms with E-state index in [0.717, 1.165) is 41.9 Å². The molecule has 31 heavy (non-hydrogen) atoms. The van der Waals surface area contributed by atoms with Crippen molar-refractivity contribution >= 4 is 5.97 Å². The molecule has 1 N–H and O–H groups in total. The summed E-state index contributed by atoms with van der Waals surface area (Å²) in [6.07, 6.45) is 2.16. The van der Waals surface area contributed by atoms with Crippen molar-refractivity contribution < 1.29 is 19.1 Å². The maximum absolute atomic E-state index is 11.0. The normalized spacial score (nSPS) is 10.7. The number of aromatic carboxylic acids is 1. The van der Waals surface area contributed by atoms with E-state index in [-0.39, 0.29) is 5.56 Å². The molecule has 6 nitrogen and oxygen atoms in total. The van der Waals surface area contributed by atoms with Gasteiger partial charge in [-0.3, -0.25) is 0 Å². The number of hydrogen-bond acceptors (Lipinski definition) is 5. The van der Waals surface area contributed by atoms with Crippen LogP contribution in [0.25, 0.3) is 34.0 Å². The minimum absolute atomic E-state index is 0.208. The summed E-state index contributed by atoms with van der Waals surface area (Å²) >= 11 is 0. The van der Waals surface area contributed by atoms with Gasteiger partial charge in [0.15, 0.2) is 0 Å². The third kappa shape index (κ3) is 4.80. The molecule has 0 aliphatic heterocycles. The van der Waals surface area contributed by atoms with E-state index in [0.29, 0.717) is 17.3 Å². The number of ether oxygens (including phenoxy) is 1. The molecule has 6 heteroatoms. The number of nitrogens with zero attached hydrogens (tertiary/aromatic N) is 2. The van der Waals surface area contributed by atoms with E-state index in [1.165, 1.54) is 12.1 Å². The quantitative estimate of drug-likeness (QED) is 0.359. The maximum atomic E-state index is 11.0. The molecule has 0 saturated carbocycles. The molecular formula is C25H22N2O4. The molecule has 0 unspecified atom stereocenters. The molecule has 156 valence electrons. The van der Waals surface area contributed by atoms with Crippen molar-refractivity contribution in [1.29, 1.82) is 0 Å². The highest BCUT2D eigenvalue weighted by Crippen LogP contribution is 2.28. The second kappa shape index (κ2) is 9.26. The average Bonchev–Trinajstić information content (AvgIpc) is 3.30. The summed E-state index contributed by atoms with van der Waals surface area (Å²) in [6.45, 7) is 2.88. The Hall–Kier alpha value is -3.93. The maximum Gasteiger partial charge on any atom is 0.335 e. The van der Waals surface area contributed by atoms with E-state index in [2.05, 4.69) is 17.1 Å². The van der Waals surface area contributed by atoms with Gasteiger partial charge in [-0.05, 0) is 66.1 Å². The van der Waals surface area contributed by atoms with Crippen LogP contribution in [0.5, 0.6) is 5.75 Å². The Kier molecular flexibility index (Phi) is 6.08. The van der Waals surface area contributed by atoms with Crippen molar-refractivity contribution in [2.45, 2.75) is 19.8 Å². The number of rotatable bonds is 8. The van der Waals surface area contributed by atoms with Gasteiger partial charge in [-0.2, -0.15) is 0 Å². The lowest BCUT2D eigenvalue weighted by Gasteiger charge is -2.07. The summed E-state index contributed by atoms with van der Waals surface area (Å²) in [5, 5.41) is 17.2. The molecule has 4 aromatic rings. The van der Waals surface area contributed by atoms with Crippen molar-refractivity contribution in [2.75, 3.05) is 6.61 Å². The Bertz CT molecular complexity index is 1150. The fraction of sp³-hybridized carbons (Fsp3) is 0.160. The lowest BCUT2D eigenvalue weighted by molar-refractivity contribution is 0.0697. The third-order valence-corrected chi connectivity index (χ3v) is 4.89. The van der Waals surface area contributed by atoms with Crippen LogP contribution in [0.3, 0.4) is 0 Å². The number of hydrogen-bond donors (Lipinski definition) is 1. The molecule has 1 aromatic heterocycles. The third-order valence-electron chi connectivity index (χ3n) is 4.89. The molecule has 0 aliphatic carbocycles. The monoisotopic (exact) mass is 414 g/mol. The summed E-state index contributed by atoms with van der Waals surface area (Å²) in [7, 11) is 0. The molecule has 0 aliphatic rings. The van der Waals surface area contributed by atoms with Gasteiger partial charge >= 0.3 is 5.97 Å². The molecule has 1 heterocycles. The molecular weight excluding hydrogens is 392 g/mol. The van der Waals surface area contributed by atoms with E-state index in [1.54, 1.807) is 12.1 Å². The molecule has 0 amide bonds. The predicted octanol–water partition coefficient (Wildman–Crippen LogP) is 5.95. The van der Waals surface area contributed by atoms with Gasteiger partial charge in [-0.1, -0.05) is 37.6 Å². The van der Waals surface area contributed by atoms with Gasteiger partial charge < -0.3 is 14.3 Å². The van der Waals surface area contributed by atoms with E-state index in [9.17, 15) is 4.79 Å². The molecule has 0 bridgehead atoms. The van der Waals surface area contributed by atoms with Crippen LogP contribution in [0.15, 0.2) is 77.2 Å². The molecule has 0 saturated heterocycles. The van der Waals surface area contributed by atoms with Gasteiger partial charge in [0.1, 0.15) is 5.75 Å². The Morgan fingerprint density at radius 2 is 1.29 bits per heavy atom. The van der Waals surface area contributed by atoms with Crippen molar-refractivity contribution in [3.05, 3.63) is 78.4 Å². The summed E-state index contributed by atoms with van der Waals surface area (Å²) in [4.78, 5) is 11.0. The Morgan fingerprint density at radius 1 is 0.806 bits per heavy atom. The first-order valence-corrected chi connectivity index (χ1v) is 10.1. The van der Waals surface area contributed by atoms with Crippen molar-refractivity contribution in [3.63, 3.8) is 0 Å². The number of benzene rings is 3. The molecule has 0 atom stereocenters. The standard InChI is InChI=1S/C25H22N2O4/c1-2-3-16-30-22-14-12-18(13-15-22)17-4-6-19(7-5-17)23-26-27-24(31-23)20-8-10-21(11-9-20)25(28)29/h4-15H,2-3,16H2,1H3,(H,28,29). The van der Waals surface area contributed by atoms with Crippen molar-refractivity contribution in [3.8, 4) is 39.8 Å². The summed E-state index contributed by atoms with van der Waals surface area (Å²) in [5.41, 5.74) is 3.86. The second-order valence-electron chi connectivity index (χ2n) is 7.10. The van der Waals surface area contributed by atoms with Crippen LogP contribution >= 0.6 is 0 Å². The van der Waals surface area contributed by atoms with Crippen LogP contribution in [-0.2, 0) is 0 Å². The van der Waals surface area contributed by atoms with E-state index in [4.69, 9.17) is 14.3 Å². The summed E-state index contributed by atoms with van der Waals surface area (Å²) < 4.78 is 11.5. The number of carbonyl (C=O) groups is 1. The molecule has 0 radical (unpaired) electrons. The Labute approximate surface area is 180 Å². The van der Waals surface area contributed by atoms with E-state index >= 15 is 0 Å². The van der Waals surface area contributed by atoms with E-state index in [1.807, 2.05) is 48.5 Å². The van der Waals surface area contributed by atoms with Crippen LogP contribution in [0.2, 0.25) is 0 Å². The highest BCUT2D eigenvalue weighted by Gasteiger charge is 2.12. The van der Waals surface area contributed by atoms with Gasteiger partial charge in [0.05, 0.1) is 12.2 Å². The first kappa shape index (κ1) is 20.3. The van der Waals surface area contributed by atoms with E-state index < -0.39 is 5.97 Å². The second-order valence-corrected chi connectivity index (χ2v) is 7.10. The first-order valence-electron chi connectivity index (χ1n) is 10.1. The van der Waals surface area contributed by atoms with Crippen molar-refractivity contribution in [2.24, 2.45) is 0 Å². The van der Waals surface area contributed by atoms with Crippen LogP contribution in [0.1, 0.15) is 30.1 Å². The fourth-order valence-electron chi connectivity index (χ4n) is 3.10. The minimum atomic E-state index is -0.975. The molecule has 3 aromatic carbocycles. The highest BCUT2D eigenvalue weighted by molar-refractivity contribution is 5.88. The zero-order chi connectivity index (χ0) is 21.6. The number of carboxylic acids is 1. The molecule has 4 rings (SSSR count). The Morgan fingerprint density at radius 3 is 1.81 bits per heavy atom. The van der Waals surface area contributed by atoms with Crippen molar-refractivity contribution in [1.82, 2.24) is 10.2 Å². The molecule has 0 spiro atoms. The number of unbranched alkanes of at least 4 members (excludes halogenated alkanes) is 1. The highest BCUT2D eigenvalue weighted by atomic mass is 16.5. The molecule has 0 fully saturated rings. The average molecular weight is 414 g/mol. The lowest BCUT2D eigenvalue weighted by Crippen LogP contribution is -1.95. The van der Waals surface area contributed by atoms with Crippen LogP contribution in [0.4, 0.5) is 0 Å². The van der Waals surface area contributed by atoms with Crippen LogP contribution < -0.4 is 4.74 Å². The SMILES string of the molecule is CCCCOc1ccc(-c2ccc(-c3nnc(-c4ccc(C(=O)O)cc4)o3)cc2)cc1. The Balaban J connectivity index is 1.46. The predicted molar refractivity (Wildman–Crippen MR) is 118 cm³/mol. The zero-order valence-electron chi connectivity index (χ0n) is 17.1. The fourth-order valence-corrected chi connectivity index (χ4v) is 3.10. The van der Waals surface area contributed by atoms with Gasteiger partial charge in [-0.15, -0.1) is 10.2 Å². The minimum Gasteiger partial charge on any atom is -0.494 e. The van der Waals surface area contributed by atoms with Crippen LogP contribution in [0, 0.1) is 0 Å². The first-order chi connectivity index (χ1) is 15.1. The van der Waals surface area contributed by atoms with Gasteiger partial charge in [0.2, 0.25) is 11.8 Å². The number of aromatic nitrogens is 2. The zero-order valence-corrected chi connectivity index (χ0v) is 17.1. The number of carboxylic acid groups (broad SMARTS) is 1.